The Hall–Kier alpha value is -3.66. The van der Waals surface area contributed by atoms with Gasteiger partial charge in [0.25, 0.3) is 15.9 Å². The normalized spacial score (nSPS) is 22.7. The number of nitrogens with one attached hydrogen (secondary N) is 2. The number of carbonyl (C=O) groups is 3. The first-order chi connectivity index (χ1) is 17.6. The fourth-order valence-corrected chi connectivity index (χ4v) is 5.83. The van der Waals surface area contributed by atoms with Crippen LogP contribution in [0.5, 0.6) is 5.75 Å². The predicted molar refractivity (Wildman–Crippen MR) is 137 cm³/mol. The van der Waals surface area contributed by atoms with Gasteiger partial charge < -0.3 is 15.0 Å². The predicted octanol–water partition coefficient (Wildman–Crippen LogP) is 2.53. The van der Waals surface area contributed by atoms with Crippen LogP contribution >= 0.6 is 0 Å². The van der Waals surface area contributed by atoms with Crippen molar-refractivity contribution >= 4 is 27.7 Å². The third-order valence-electron chi connectivity index (χ3n) is 6.86. The summed E-state index contributed by atoms with van der Waals surface area (Å²) >= 11 is 0. The topological polar surface area (TPSA) is 122 Å². The van der Waals surface area contributed by atoms with E-state index >= 15 is 0 Å². The van der Waals surface area contributed by atoms with Gasteiger partial charge in [-0.2, -0.15) is 0 Å². The number of nitrogens with zero attached hydrogens (tertiary/aromatic N) is 1. The molecule has 0 bridgehead atoms. The lowest BCUT2D eigenvalue weighted by atomic mass is 10.1. The molecule has 0 aromatic heterocycles. The Morgan fingerprint density at radius 2 is 1.92 bits per heavy atom. The molecule has 2 fully saturated rings. The van der Waals surface area contributed by atoms with Crippen molar-refractivity contribution in [2.75, 3.05) is 6.54 Å². The smallest absolute Gasteiger partial charge is 0.264 e. The second kappa shape index (κ2) is 10.8. The third-order valence-corrected chi connectivity index (χ3v) is 8.19. The molecule has 3 atom stereocenters. The number of hydrogen-bond acceptors (Lipinski definition) is 6. The van der Waals surface area contributed by atoms with Gasteiger partial charge in [-0.3, -0.25) is 14.4 Å². The molecular weight excluding hydrogens is 494 g/mol. The van der Waals surface area contributed by atoms with E-state index in [4.69, 9.17) is 4.74 Å². The highest BCUT2D eigenvalue weighted by Gasteiger charge is 2.60. The molecule has 1 aliphatic carbocycles. The number of rotatable bonds is 10. The first-order valence-corrected chi connectivity index (χ1v) is 13.7. The minimum Gasteiger partial charge on any atom is -0.489 e. The van der Waals surface area contributed by atoms with Crippen molar-refractivity contribution in [3.63, 3.8) is 0 Å². The number of likely N-dealkylation sites (tertiary alicyclic amines) is 1. The maximum atomic E-state index is 13.2. The van der Waals surface area contributed by atoms with Gasteiger partial charge in [0, 0.05) is 37.9 Å². The minimum atomic E-state index is -4.24. The molecule has 10 heteroatoms. The molecule has 2 aliphatic rings. The number of amides is 3. The van der Waals surface area contributed by atoms with Crippen molar-refractivity contribution in [3.8, 4) is 5.75 Å². The van der Waals surface area contributed by atoms with Gasteiger partial charge in [-0.05, 0) is 37.0 Å². The first-order valence-electron chi connectivity index (χ1n) is 12.2. The van der Waals surface area contributed by atoms with Crippen molar-refractivity contribution in [2.45, 2.75) is 55.7 Å². The molecule has 1 heterocycles. The van der Waals surface area contributed by atoms with Crippen molar-refractivity contribution in [2.24, 2.45) is 5.92 Å². The molecule has 2 aromatic carbocycles. The summed E-state index contributed by atoms with van der Waals surface area (Å²) in [5.41, 5.74) is -0.470. The zero-order valence-corrected chi connectivity index (χ0v) is 21.5. The molecule has 9 nitrogen and oxygen atoms in total. The molecule has 2 N–H and O–H groups in total. The van der Waals surface area contributed by atoms with E-state index in [0.29, 0.717) is 18.7 Å². The molecule has 1 unspecified atom stereocenters. The Morgan fingerprint density at radius 3 is 2.59 bits per heavy atom. The van der Waals surface area contributed by atoms with Gasteiger partial charge >= 0.3 is 0 Å². The number of carbonyl (C=O) groups excluding carboxylic acids is 3. The molecule has 1 saturated heterocycles. The molecule has 2 aromatic rings. The number of benzene rings is 2. The largest absolute Gasteiger partial charge is 0.489 e. The summed E-state index contributed by atoms with van der Waals surface area (Å²) in [7, 11) is -4.24. The molecule has 4 rings (SSSR count). The van der Waals surface area contributed by atoms with E-state index in [1.165, 1.54) is 31.2 Å². The summed E-state index contributed by atoms with van der Waals surface area (Å²) in [5, 5.41) is 2.73. The van der Waals surface area contributed by atoms with Crippen LogP contribution in [-0.4, -0.2) is 49.2 Å². The fourth-order valence-electron chi connectivity index (χ4n) is 4.75. The Kier molecular flexibility index (Phi) is 7.68. The van der Waals surface area contributed by atoms with Gasteiger partial charge in [0.2, 0.25) is 11.8 Å². The van der Waals surface area contributed by atoms with Gasteiger partial charge in [-0.25, -0.2) is 13.1 Å². The molecule has 0 radical (unpaired) electrons. The second-order valence-electron chi connectivity index (χ2n) is 9.46. The van der Waals surface area contributed by atoms with Crippen LogP contribution in [0.4, 0.5) is 0 Å². The molecule has 1 aliphatic heterocycles. The van der Waals surface area contributed by atoms with Crippen molar-refractivity contribution in [1.29, 1.82) is 0 Å². The van der Waals surface area contributed by atoms with Crippen LogP contribution in [0.1, 0.15) is 38.2 Å². The average molecular weight is 526 g/mol. The number of hydrogen-bond donors (Lipinski definition) is 2. The summed E-state index contributed by atoms with van der Waals surface area (Å²) in [5.74, 6) is -1.40. The van der Waals surface area contributed by atoms with E-state index in [9.17, 15) is 22.8 Å². The van der Waals surface area contributed by atoms with Gasteiger partial charge in [0.15, 0.2) is 0 Å². The van der Waals surface area contributed by atoms with E-state index < -0.39 is 33.3 Å². The lowest BCUT2D eigenvalue weighted by molar-refractivity contribution is -0.133. The Labute approximate surface area is 216 Å². The number of ether oxygens (including phenoxy) is 1. The van der Waals surface area contributed by atoms with Crippen LogP contribution in [0.25, 0.3) is 0 Å². The standard InChI is InChI=1S/C27H31N3O6S/c1-3-21-17-27(21,28-25(32)15-22-11-8-14-30(22)19(2)31)26(33)29-37(34,35)24-13-7-12-23(16-24)36-18-20-9-5-4-6-10-20/h3-7,9-10,12-13,16,21-22H,1,8,11,14-15,17-18H2,2H3,(H,28,32)(H,29,33)/t21-,22?,27-/m1/s1. The van der Waals surface area contributed by atoms with Crippen LogP contribution in [0, 0.1) is 5.92 Å². The maximum Gasteiger partial charge on any atom is 0.264 e. The van der Waals surface area contributed by atoms with Crippen molar-refractivity contribution in [1.82, 2.24) is 14.9 Å². The van der Waals surface area contributed by atoms with Crippen LogP contribution in [-0.2, 0) is 31.0 Å². The van der Waals surface area contributed by atoms with Gasteiger partial charge in [-0.1, -0.05) is 42.5 Å². The summed E-state index contributed by atoms with van der Waals surface area (Å²) < 4.78 is 33.9. The molecule has 37 heavy (non-hydrogen) atoms. The van der Waals surface area contributed by atoms with E-state index in [1.54, 1.807) is 11.0 Å². The highest BCUT2D eigenvalue weighted by atomic mass is 32.2. The number of sulfonamides is 1. The van der Waals surface area contributed by atoms with E-state index in [0.717, 1.165) is 12.0 Å². The van der Waals surface area contributed by atoms with Crippen LogP contribution in [0.15, 0.2) is 72.1 Å². The summed E-state index contributed by atoms with van der Waals surface area (Å²) in [4.78, 5) is 39.3. The van der Waals surface area contributed by atoms with E-state index in [1.807, 2.05) is 30.3 Å². The van der Waals surface area contributed by atoms with Gasteiger partial charge in [0.05, 0.1) is 4.90 Å². The van der Waals surface area contributed by atoms with Gasteiger partial charge in [0.1, 0.15) is 17.9 Å². The first kappa shape index (κ1) is 26.4. The second-order valence-corrected chi connectivity index (χ2v) is 11.1. The highest BCUT2D eigenvalue weighted by molar-refractivity contribution is 7.90. The van der Waals surface area contributed by atoms with Crippen LogP contribution in [0.3, 0.4) is 0 Å². The van der Waals surface area contributed by atoms with Crippen molar-refractivity contribution < 1.29 is 27.5 Å². The maximum absolute atomic E-state index is 13.2. The Balaban J connectivity index is 1.42. The Bertz CT molecular complexity index is 1300. The lowest BCUT2D eigenvalue weighted by Crippen LogP contribution is -2.52. The summed E-state index contributed by atoms with van der Waals surface area (Å²) in [6.45, 7) is 6.03. The SMILES string of the molecule is C=C[C@@H]1C[C@]1(NC(=O)CC1CCCN1C(C)=O)C(=O)NS(=O)(=O)c1cccc(OCc2ccccc2)c1. The van der Waals surface area contributed by atoms with Crippen LogP contribution in [0.2, 0.25) is 0 Å². The monoisotopic (exact) mass is 525 g/mol. The van der Waals surface area contributed by atoms with E-state index in [2.05, 4.69) is 16.6 Å². The molecule has 0 spiro atoms. The quantitative estimate of drug-likeness (QED) is 0.460. The summed E-state index contributed by atoms with van der Waals surface area (Å²) in [6, 6.07) is 15.1. The molecule has 196 valence electrons. The van der Waals surface area contributed by atoms with E-state index in [-0.39, 0.29) is 36.3 Å². The molecule has 1 saturated carbocycles. The average Bonchev–Trinajstić information content (AvgIpc) is 3.39. The highest BCUT2D eigenvalue weighted by Crippen LogP contribution is 2.45. The summed E-state index contributed by atoms with van der Waals surface area (Å²) in [6.07, 6.45) is 3.33. The zero-order valence-electron chi connectivity index (χ0n) is 20.7. The minimum absolute atomic E-state index is 0.0476. The Morgan fingerprint density at radius 1 is 1.16 bits per heavy atom. The molecule has 3 amide bonds. The zero-order chi connectivity index (χ0) is 26.6. The van der Waals surface area contributed by atoms with Gasteiger partial charge in [-0.15, -0.1) is 6.58 Å². The third kappa shape index (κ3) is 6.02. The molecular formula is C27H31N3O6S. The fraction of sp³-hybridized carbons (Fsp3) is 0.370. The lowest BCUT2D eigenvalue weighted by Gasteiger charge is -2.24. The van der Waals surface area contributed by atoms with Crippen molar-refractivity contribution in [3.05, 3.63) is 72.8 Å². The van der Waals surface area contributed by atoms with Crippen LogP contribution < -0.4 is 14.8 Å².